The molecule has 0 aliphatic heterocycles. The van der Waals surface area contributed by atoms with Crippen molar-refractivity contribution in [2.45, 2.75) is 13.8 Å². The summed E-state index contributed by atoms with van der Waals surface area (Å²) < 4.78 is 4.68. The Morgan fingerprint density at radius 2 is 0.750 bits per heavy atom. The normalized spacial score (nSPS) is 11.5. The number of aryl methyl sites for hydroxylation is 2. The number of hydrogen-bond acceptors (Lipinski definition) is 2. The van der Waals surface area contributed by atoms with Gasteiger partial charge in [0.2, 0.25) is 0 Å². The summed E-state index contributed by atoms with van der Waals surface area (Å²) in [5.41, 5.74) is 16.9. The van der Waals surface area contributed by atoms with E-state index in [1.54, 1.807) is 0 Å². The molecule has 4 nitrogen and oxygen atoms in total. The molecule has 0 atom stereocenters. The average molecular weight is 825 g/mol. The average Bonchev–Trinajstić information content (AvgIpc) is 3.83. The molecule has 0 radical (unpaired) electrons. The summed E-state index contributed by atoms with van der Waals surface area (Å²) in [5, 5.41) is 4.62. The summed E-state index contributed by atoms with van der Waals surface area (Å²) in [5.74, 6) is 0. The summed E-state index contributed by atoms with van der Waals surface area (Å²) in [6.07, 6.45) is 7.98. The van der Waals surface area contributed by atoms with Gasteiger partial charge < -0.3 is 18.9 Å². The molecule has 0 aliphatic rings. The van der Waals surface area contributed by atoms with Crippen LogP contribution in [0.4, 0.5) is 22.7 Å². The molecule has 2 heterocycles. The Morgan fingerprint density at radius 1 is 0.391 bits per heavy atom. The van der Waals surface area contributed by atoms with Crippen LogP contribution in [0.3, 0.4) is 0 Å². The first-order valence-electron chi connectivity index (χ1n) is 21.6. The number of benzene rings is 8. The lowest BCUT2D eigenvalue weighted by Crippen LogP contribution is -2.16. The number of fused-ring (bicyclic) bond motifs is 6. The molecule has 0 saturated heterocycles. The van der Waals surface area contributed by atoms with Crippen molar-refractivity contribution in [3.63, 3.8) is 0 Å². The van der Waals surface area contributed by atoms with Crippen LogP contribution < -0.4 is 9.80 Å². The van der Waals surface area contributed by atoms with Crippen LogP contribution in [0.25, 0.3) is 67.1 Å². The lowest BCUT2D eigenvalue weighted by atomic mass is 10.1. The lowest BCUT2D eigenvalue weighted by Gasteiger charge is -2.28. The van der Waals surface area contributed by atoms with E-state index in [9.17, 15) is 0 Å². The second kappa shape index (κ2) is 16.5. The fourth-order valence-electron chi connectivity index (χ4n) is 9.14. The van der Waals surface area contributed by atoms with Crippen LogP contribution in [0, 0.1) is 13.8 Å². The van der Waals surface area contributed by atoms with Crippen molar-refractivity contribution >= 4 is 78.5 Å². The molecule has 8 aromatic carbocycles. The monoisotopic (exact) mass is 824 g/mol. The van der Waals surface area contributed by atoms with E-state index in [1.807, 2.05) is 12.2 Å². The van der Waals surface area contributed by atoms with E-state index < -0.39 is 0 Å². The van der Waals surface area contributed by atoms with Crippen LogP contribution in [0.1, 0.15) is 22.3 Å². The van der Waals surface area contributed by atoms with E-state index in [0.29, 0.717) is 0 Å². The highest BCUT2D eigenvalue weighted by Crippen LogP contribution is 2.41. The molecule has 0 fully saturated rings. The SMILES string of the molecule is C=Cc1ccc2c(c1)c1cc(N(C(=C)/C=C\C(=C)N(c3cccc(C)c3)c3ccc4c(c3)c3cc(C=C)ccc3n4-c3ccccc3)c3cccc(C)c3)ccc1n2-c1ccccc1. The Bertz CT molecular complexity index is 3260. The van der Waals surface area contributed by atoms with E-state index in [2.05, 4.69) is 240 Å². The molecule has 0 saturated carbocycles. The first kappa shape index (κ1) is 39.8. The fraction of sp³-hybridized carbons (Fsp3) is 0.0333. The van der Waals surface area contributed by atoms with Gasteiger partial charge in [-0.15, -0.1) is 0 Å². The largest absolute Gasteiger partial charge is 0.311 e. The van der Waals surface area contributed by atoms with E-state index in [-0.39, 0.29) is 0 Å². The number of anilines is 4. The molecule has 0 bridgehead atoms. The van der Waals surface area contributed by atoms with Crippen molar-refractivity contribution in [2.24, 2.45) is 0 Å². The van der Waals surface area contributed by atoms with Crippen LogP contribution >= 0.6 is 0 Å². The minimum atomic E-state index is 0.798. The molecular weight excluding hydrogens is 777 g/mol. The van der Waals surface area contributed by atoms with Gasteiger partial charge in [-0.1, -0.05) is 111 Å². The highest BCUT2D eigenvalue weighted by molar-refractivity contribution is 6.12. The second-order valence-corrected chi connectivity index (χ2v) is 16.4. The zero-order valence-electron chi connectivity index (χ0n) is 36.2. The summed E-state index contributed by atoms with van der Waals surface area (Å²) >= 11 is 0. The molecule has 2 aromatic heterocycles. The van der Waals surface area contributed by atoms with Crippen molar-refractivity contribution in [1.29, 1.82) is 0 Å². The van der Waals surface area contributed by atoms with Crippen molar-refractivity contribution in [1.82, 2.24) is 9.13 Å². The standard InChI is InChI=1S/C60H48N4/c1-7-45-27-31-57-53(37-45)55-39-51(29-33-59(55)63(57)47-19-11-9-12-20-47)61(49-23-15-17-41(3)35-49)43(5)25-26-44(6)62(50-24-16-18-42(4)36-50)52-30-34-60-56(40-52)54-38-46(8-2)28-32-58(54)64(60)48-21-13-10-14-22-48/h7-40H,1-2,5-6H2,3-4H3/b26-25-. The van der Waals surface area contributed by atoms with Gasteiger partial charge in [0.05, 0.1) is 22.1 Å². The Morgan fingerprint density at radius 3 is 1.12 bits per heavy atom. The van der Waals surface area contributed by atoms with Gasteiger partial charge in [-0.05, 0) is 157 Å². The number of hydrogen-bond donors (Lipinski definition) is 0. The first-order chi connectivity index (χ1) is 31.3. The minimum Gasteiger partial charge on any atom is -0.311 e. The Balaban J connectivity index is 1.08. The number of rotatable bonds is 12. The van der Waals surface area contributed by atoms with E-state index >= 15 is 0 Å². The molecule has 308 valence electrons. The van der Waals surface area contributed by atoms with Crippen LogP contribution in [-0.4, -0.2) is 9.13 Å². The van der Waals surface area contributed by atoms with Gasteiger partial charge in [0, 0.05) is 67.1 Å². The van der Waals surface area contributed by atoms with Crippen LogP contribution in [0.15, 0.2) is 232 Å². The maximum Gasteiger partial charge on any atom is 0.0542 e. The molecule has 0 aliphatic carbocycles. The van der Waals surface area contributed by atoms with Gasteiger partial charge in [0.15, 0.2) is 0 Å². The maximum absolute atomic E-state index is 4.72. The second-order valence-electron chi connectivity index (χ2n) is 16.4. The Kier molecular flexibility index (Phi) is 10.3. The number of aromatic nitrogens is 2. The first-order valence-corrected chi connectivity index (χ1v) is 21.6. The zero-order valence-corrected chi connectivity index (χ0v) is 36.2. The molecule has 10 rings (SSSR count). The predicted octanol–water partition coefficient (Wildman–Crippen LogP) is 16.3. The van der Waals surface area contributed by atoms with E-state index in [4.69, 9.17) is 13.2 Å². The number of nitrogens with zero attached hydrogens (tertiary/aromatic N) is 4. The van der Waals surface area contributed by atoms with Crippen LogP contribution in [0.2, 0.25) is 0 Å². The van der Waals surface area contributed by atoms with Gasteiger partial charge in [-0.3, -0.25) is 0 Å². The van der Waals surface area contributed by atoms with Crippen molar-refractivity contribution in [3.8, 4) is 11.4 Å². The Labute approximate surface area is 375 Å². The van der Waals surface area contributed by atoms with Gasteiger partial charge in [0.1, 0.15) is 0 Å². The highest BCUT2D eigenvalue weighted by Gasteiger charge is 2.20. The smallest absolute Gasteiger partial charge is 0.0542 e. The van der Waals surface area contributed by atoms with Gasteiger partial charge >= 0.3 is 0 Å². The van der Waals surface area contributed by atoms with Crippen molar-refractivity contribution in [2.75, 3.05) is 9.80 Å². The van der Waals surface area contributed by atoms with E-state index in [1.165, 1.54) is 0 Å². The van der Waals surface area contributed by atoms with Crippen LogP contribution in [0.5, 0.6) is 0 Å². The molecular formula is C60H48N4. The van der Waals surface area contributed by atoms with Crippen molar-refractivity contribution in [3.05, 3.63) is 254 Å². The zero-order chi connectivity index (χ0) is 43.9. The third kappa shape index (κ3) is 7.11. The highest BCUT2D eigenvalue weighted by atomic mass is 15.2. The molecule has 4 heteroatoms. The molecule has 64 heavy (non-hydrogen) atoms. The number of para-hydroxylation sites is 2. The summed E-state index contributed by atoms with van der Waals surface area (Å²) in [6.45, 7) is 21.9. The van der Waals surface area contributed by atoms with E-state index in [0.717, 1.165) is 111 Å². The minimum absolute atomic E-state index is 0.798. The van der Waals surface area contributed by atoms with Gasteiger partial charge in [-0.2, -0.15) is 0 Å². The Hall–Kier alpha value is -8.34. The number of allylic oxidation sites excluding steroid dienone is 2. The quantitative estimate of drug-likeness (QED) is 0.114. The fourth-order valence-corrected chi connectivity index (χ4v) is 9.14. The third-order valence-electron chi connectivity index (χ3n) is 12.1. The summed E-state index contributed by atoms with van der Waals surface area (Å²) in [6, 6.07) is 64.8. The third-order valence-corrected chi connectivity index (χ3v) is 12.1. The summed E-state index contributed by atoms with van der Waals surface area (Å²) in [7, 11) is 0. The topological polar surface area (TPSA) is 16.3 Å². The molecule has 0 N–H and O–H groups in total. The molecule has 0 amide bonds. The lowest BCUT2D eigenvalue weighted by molar-refractivity contribution is 1.17. The van der Waals surface area contributed by atoms with Crippen LogP contribution in [-0.2, 0) is 0 Å². The molecule has 0 unspecified atom stereocenters. The van der Waals surface area contributed by atoms with Gasteiger partial charge in [0.25, 0.3) is 0 Å². The summed E-state index contributed by atoms with van der Waals surface area (Å²) in [4.78, 5) is 4.47. The maximum atomic E-state index is 4.72. The van der Waals surface area contributed by atoms with Gasteiger partial charge in [-0.25, -0.2) is 0 Å². The predicted molar refractivity (Wildman–Crippen MR) is 276 cm³/mol. The molecule has 10 aromatic rings. The molecule has 0 spiro atoms. The van der Waals surface area contributed by atoms with Crippen molar-refractivity contribution < 1.29 is 0 Å².